The second-order valence-corrected chi connectivity index (χ2v) is 6.83. The molecule has 0 aromatic heterocycles. The summed E-state index contributed by atoms with van der Waals surface area (Å²) < 4.78 is 27.5. The quantitative estimate of drug-likeness (QED) is 0.912. The number of hydrogen-bond acceptors (Lipinski definition) is 3. The average molecular weight is 302 g/mol. The molecule has 0 spiro atoms. The Bertz CT molecular complexity index is 752. The van der Waals surface area contributed by atoms with Crippen LogP contribution < -0.4 is 10.0 Å². The molecular weight excluding hydrogens is 284 g/mol. The van der Waals surface area contributed by atoms with Gasteiger partial charge in [0.15, 0.2) is 0 Å². The van der Waals surface area contributed by atoms with Crippen molar-refractivity contribution in [3.63, 3.8) is 0 Å². The predicted molar refractivity (Wildman–Crippen MR) is 85.3 cm³/mol. The first kappa shape index (κ1) is 13.9. The summed E-state index contributed by atoms with van der Waals surface area (Å²) in [5, 5.41) is 3.23. The first-order chi connectivity index (χ1) is 10.1. The van der Waals surface area contributed by atoms with Crippen molar-refractivity contribution in [2.75, 3.05) is 16.6 Å². The first-order valence-electron chi connectivity index (χ1n) is 7.07. The van der Waals surface area contributed by atoms with E-state index in [9.17, 15) is 8.42 Å². The standard InChI is InChI=1S/C16H18N2O2S/c1-2-12-3-5-14(6-4-12)18-21(19,20)15-7-8-16-13(11-15)9-10-17-16/h3-8,11,17-18H,2,9-10H2,1H3. The molecule has 0 saturated carbocycles. The third-order valence-corrected chi connectivity index (χ3v) is 5.09. The van der Waals surface area contributed by atoms with E-state index < -0.39 is 10.0 Å². The maximum absolute atomic E-state index is 12.4. The van der Waals surface area contributed by atoms with Gasteiger partial charge in [-0.1, -0.05) is 19.1 Å². The van der Waals surface area contributed by atoms with Crippen LogP contribution in [0.1, 0.15) is 18.1 Å². The highest BCUT2D eigenvalue weighted by Gasteiger charge is 2.18. The third-order valence-electron chi connectivity index (χ3n) is 3.71. The van der Waals surface area contributed by atoms with E-state index in [1.807, 2.05) is 18.2 Å². The molecule has 5 heteroatoms. The van der Waals surface area contributed by atoms with E-state index >= 15 is 0 Å². The van der Waals surface area contributed by atoms with E-state index in [0.717, 1.165) is 30.6 Å². The Morgan fingerprint density at radius 3 is 2.62 bits per heavy atom. The lowest BCUT2D eigenvalue weighted by Crippen LogP contribution is -2.13. The van der Waals surface area contributed by atoms with Crippen molar-refractivity contribution in [3.8, 4) is 0 Å². The lowest BCUT2D eigenvalue weighted by molar-refractivity contribution is 0.601. The Kier molecular flexibility index (Phi) is 3.59. The number of rotatable bonds is 4. The highest BCUT2D eigenvalue weighted by atomic mass is 32.2. The number of sulfonamides is 1. The summed E-state index contributed by atoms with van der Waals surface area (Å²) in [6, 6.07) is 12.7. The van der Waals surface area contributed by atoms with Gasteiger partial charge in [0.25, 0.3) is 10.0 Å². The molecule has 2 aromatic carbocycles. The Balaban J connectivity index is 1.86. The lowest BCUT2D eigenvalue weighted by Gasteiger charge is -2.10. The van der Waals surface area contributed by atoms with E-state index in [4.69, 9.17) is 0 Å². The fraction of sp³-hybridized carbons (Fsp3) is 0.250. The number of anilines is 2. The normalized spacial score (nSPS) is 13.6. The molecule has 1 aliphatic heterocycles. The minimum atomic E-state index is -3.53. The molecule has 4 nitrogen and oxygen atoms in total. The number of nitrogens with one attached hydrogen (secondary N) is 2. The summed E-state index contributed by atoms with van der Waals surface area (Å²) in [5.41, 5.74) is 3.85. The summed E-state index contributed by atoms with van der Waals surface area (Å²) >= 11 is 0. The monoisotopic (exact) mass is 302 g/mol. The van der Waals surface area contributed by atoms with Crippen LogP contribution in [-0.2, 0) is 22.9 Å². The zero-order valence-electron chi connectivity index (χ0n) is 11.9. The van der Waals surface area contributed by atoms with E-state index in [-0.39, 0.29) is 0 Å². The van der Waals surface area contributed by atoms with Crippen molar-refractivity contribution in [1.82, 2.24) is 0 Å². The maximum atomic E-state index is 12.4. The predicted octanol–water partition coefficient (Wildman–Crippen LogP) is 3.02. The smallest absolute Gasteiger partial charge is 0.261 e. The van der Waals surface area contributed by atoms with Gasteiger partial charge in [-0.25, -0.2) is 8.42 Å². The van der Waals surface area contributed by atoms with E-state index in [0.29, 0.717) is 10.6 Å². The van der Waals surface area contributed by atoms with Crippen LogP contribution in [0, 0.1) is 0 Å². The molecular formula is C16H18N2O2S. The number of benzene rings is 2. The van der Waals surface area contributed by atoms with Gasteiger partial charge in [0.1, 0.15) is 0 Å². The summed E-state index contributed by atoms with van der Waals surface area (Å²) in [5.74, 6) is 0. The third kappa shape index (κ3) is 2.88. The maximum Gasteiger partial charge on any atom is 0.261 e. The van der Waals surface area contributed by atoms with Gasteiger partial charge in [0, 0.05) is 17.9 Å². The fourth-order valence-corrected chi connectivity index (χ4v) is 3.58. The van der Waals surface area contributed by atoms with Crippen molar-refractivity contribution in [2.45, 2.75) is 24.7 Å². The molecule has 3 rings (SSSR count). The zero-order valence-corrected chi connectivity index (χ0v) is 12.7. The van der Waals surface area contributed by atoms with Crippen molar-refractivity contribution in [1.29, 1.82) is 0 Å². The summed E-state index contributed by atoms with van der Waals surface area (Å²) in [6.07, 6.45) is 1.80. The Hall–Kier alpha value is -2.01. The molecule has 0 radical (unpaired) electrons. The van der Waals surface area contributed by atoms with Gasteiger partial charge < -0.3 is 5.32 Å². The van der Waals surface area contributed by atoms with Gasteiger partial charge in [-0.05, 0) is 54.3 Å². The molecule has 1 aliphatic rings. The molecule has 0 saturated heterocycles. The summed E-state index contributed by atoms with van der Waals surface area (Å²) in [7, 11) is -3.53. The first-order valence-corrected chi connectivity index (χ1v) is 8.55. The van der Waals surface area contributed by atoms with Crippen LogP contribution in [0.2, 0.25) is 0 Å². The highest BCUT2D eigenvalue weighted by molar-refractivity contribution is 7.92. The second-order valence-electron chi connectivity index (χ2n) is 5.15. The van der Waals surface area contributed by atoms with Gasteiger partial charge in [0.05, 0.1) is 4.90 Å². The summed E-state index contributed by atoms with van der Waals surface area (Å²) in [6.45, 7) is 2.93. The Morgan fingerprint density at radius 2 is 1.90 bits per heavy atom. The summed E-state index contributed by atoms with van der Waals surface area (Å²) in [4.78, 5) is 0.310. The van der Waals surface area contributed by atoms with E-state index in [2.05, 4.69) is 17.0 Å². The van der Waals surface area contributed by atoms with Crippen molar-refractivity contribution >= 4 is 21.4 Å². The van der Waals surface area contributed by atoms with Gasteiger partial charge in [-0.2, -0.15) is 0 Å². The number of fused-ring (bicyclic) bond motifs is 1. The van der Waals surface area contributed by atoms with Gasteiger partial charge >= 0.3 is 0 Å². The van der Waals surface area contributed by atoms with Crippen molar-refractivity contribution in [3.05, 3.63) is 53.6 Å². The topological polar surface area (TPSA) is 58.2 Å². The van der Waals surface area contributed by atoms with Gasteiger partial charge in [0.2, 0.25) is 0 Å². The van der Waals surface area contributed by atoms with Crippen molar-refractivity contribution in [2.24, 2.45) is 0 Å². The molecule has 110 valence electrons. The molecule has 21 heavy (non-hydrogen) atoms. The van der Waals surface area contributed by atoms with E-state index in [1.165, 1.54) is 5.56 Å². The Morgan fingerprint density at radius 1 is 1.14 bits per heavy atom. The zero-order chi connectivity index (χ0) is 14.9. The molecule has 1 heterocycles. The molecule has 0 fully saturated rings. The van der Waals surface area contributed by atoms with Crippen LogP contribution in [0.3, 0.4) is 0 Å². The van der Waals surface area contributed by atoms with Gasteiger partial charge in [-0.3, -0.25) is 4.72 Å². The lowest BCUT2D eigenvalue weighted by atomic mass is 10.2. The molecule has 0 unspecified atom stereocenters. The molecule has 0 atom stereocenters. The van der Waals surface area contributed by atoms with Crippen LogP contribution in [0.25, 0.3) is 0 Å². The Labute approximate surface area is 125 Å². The molecule has 0 amide bonds. The van der Waals surface area contributed by atoms with Crippen LogP contribution in [0.15, 0.2) is 47.4 Å². The molecule has 2 N–H and O–H groups in total. The van der Waals surface area contributed by atoms with Crippen LogP contribution in [0.5, 0.6) is 0 Å². The molecule has 2 aromatic rings. The largest absolute Gasteiger partial charge is 0.384 e. The van der Waals surface area contributed by atoms with Gasteiger partial charge in [-0.15, -0.1) is 0 Å². The second kappa shape index (κ2) is 5.41. The van der Waals surface area contributed by atoms with Crippen LogP contribution in [0.4, 0.5) is 11.4 Å². The van der Waals surface area contributed by atoms with E-state index in [1.54, 1.807) is 24.3 Å². The fourth-order valence-electron chi connectivity index (χ4n) is 2.47. The SMILES string of the molecule is CCc1ccc(NS(=O)(=O)c2ccc3c(c2)CCN3)cc1. The highest BCUT2D eigenvalue weighted by Crippen LogP contribution is 2.26. The number of hydrogen-bond donors (Lipinski definition) is 2. The van der Waals surface area contributed by atoms with Crippen molar-refractivity contribution < 1.29 is 8.42 Å². The minimum Gasteiger partial charge on any atom is -0.384 e. The van der Waals surface area contributed by atoms with Crippen LogP contribution >= 0.6 is 0 Å². The molecule has 0 aliphatic carbocycles. The number of aryl methyl sites for hydroxylation is 1. The average Bonchev–Trinajstić information content (AvgIpc) is 2.95. The minimum absolute atomic E-state index is 0.310. The molecule has 0 bridgehead atoms. The van der Waals surface area contributed by atoms with Crippen LogP contribution in [-0.4, -0.2) is 15.0 Å².